The van der Waals surface area contributed by atoms with Crippen molar-refractivity contribution in [2.75, 3.05) is 25.6 Å². The monoisotopic (exact) mass is 211 g/mol. The largest absolute Gasteiger partial charge is 0.300 e. The molecule has 0 aromatic rings. The average Bonchev–Trinajstić information content (AvgIpc) is 1.91. The maximum absolute atomic E-state index is 11.8. The maximum atomic E-state index is 11.8. The minimum absolute atomic E-state index is 0.250. The van der Waals surface area contributed by atoms with Crippen LogP contribution in [0.4, 0.5) is 4.39 Å². The summed E-state index contributed by atoms with van der Waals surface area (Å²) in [6, 6.07) is 0.482. The summed E-state index contributed by atoms with van der Waals surface area (Å²) in [5, 5.41) is 0.931. The van der Waals surface area contributed by atoms with Crippen molar-refractivity contribution in [3.8, 4) is 0 Å². The fourth-order valence-corrected chi connectivity index (χ4v) is 1.81. The molecule has 0 aliphatic heterocycles. The molecule has 0 spiro atoms. The van der Waals surface area contributed by atoms with Crippen LogP contribution in [0.15, 0.2) is 0 Å². The molecular formula is C7H15BrFN. The lowest BCUT2D eigenvalue weighted by Crippen LogP contribution is -2.33. The summed E-state index contributed by atoms with van der Waals surface area (Å²) in [5.74, 6) is 0. The highest BCUT2D eigenvalue weighted by Gasteiger charge is 2.09. The quantitative estimate of drug-likeness (QED) is 0.630. The molecule has 0 aliphatic carbocycles. The molecule has 0 saturated carbocycles. The first kappa shape index (κ1) is 10.4. The molecule has 0 aliphatic rings. The molecule has 0 amide bonds. The number of rotatable bonds is 5. The Balaban J connectivity index is 3.53. The molecule has 0 aromatic heterocycles. The number of alkyl halides is 2. The molecule has 0 saturated heterocycles. The first-order chi connectivity index (χ1) is 4.76. The van der Waals surface area contributed by atoms with Crippen molar-refractivity contribution in [2.24, 2.45) is 0 Å². The van der Waals surface area contributed by atoms with E-state index in [2.05, 4.69) is 22.9 Å². The number of hydrogen-bond acceptors (Lipinski definition) is 1. The zero-order valence-electron chi connectivity index (χ0n) is 6.61. The molecule has 0 N–H and O–H groups in total. The van der Waals surface area contributed by atoms with Crippen molar-refractivity contribution in [3.63, 3.8) is 0 Å². The van der Waals surface area contributed by atoms with Crippen LogP contribution in [-0.4, -0.2) is 36.5 Å². The number of hydrogen-bond donors (Lipinski definition) is 0. The van der Waals surface area contributed by atoms with Gasteiger partial charge in [0.25, 0.3) is 0 Å². The van der Waals surface area contributed by atoms with Crippen LogP contribution in [0.3, 0.4) is 0 Å². The Morgan fingerprint density at radius 2 is 2.20 bits per heavy atom. The summed E-state index contributed by atoms with van der Waals surface area (Å²) in [6.45, 7) is 2.41. The highest BCUT2D eigenvalue weighted by atomic mass is 79.9. The van der Waals surface area contributed by atoms with Crippen LogP contribution < -0.4 is 0 Å². The van der Waals surface area contributed by atoms with Gasteiger partial charge in [-0.15, -0.1) is 0 Å². The van der Waals surface area contributed by atoms with Gasteiger partial charge in [0.15, 0.2) is 0 Å². The van der Waals surface area contributed by atoms with Gasteiger partial charge in [-0.25, -0.2) is 4.39 Å². The van der Waals surface area contributed by atoms with Crippen LogP contribution in [0.25, 0.3) is 0 Å². The molecule has 0 rings (SSSR count). The standard InChI is InChI=1S/C7H15BrFN/c1-3-7(6-8)10(2)5-4-9/h7H,3-6H2,1-2H3. The maximum Gasteiger partial charge on any atom is 0.102 e. The first-order valence-corrected chi connectivity index (χ1v) is 4.70. The Hall–Kier alpha value is 0.370. The van der Waals surface area contributed by atoms with Gasteiger partial charge in [0.2, 0.25) is 0 Å². The molecule has 1 nitrogen and oxygen atoms in total. The van der Waals surface area contributed by atoms with Gasteiger partial charge < -0.3 is 4.90 Å². The second-order valence-electron chi connectivity index (χ2n) is 2.39. The smallest absolute Gasteiger partial charge is 0.102 e. The molecule has 1 atom stereocenters. The third-order valence-electron chi connectivity index (χ3n) is 1.71. The van der Waals surface area contributed by atoms with Crippen LogP contribution in [0.2, 0.25) is 0 Å². The van der Waals surface area contributed by atoms with Gasteiger partial charge in [-0.05, 0) is 13.5 Å². The van der Waals surface area contributed by atoms with E-state index < -0.39 is 0 Å². The van der Waals surface area contributed by atoms with E-state index >= 15 is 0 Å². The van der Waals surface area contributed by atoms with Gasteiger partial charge in [0.05, 0.1) is 0 Å². The molecule has 0 radical (unpaired) electrons. The molecular weight excluding hydrogens is 197 g/mol. The highest BCUT2D eigenvalue weighted by molar-refractivity contribution is 9.09. The van der Waals surface area contributed by atoms with Crippen molar-refractivity contribution < 1.29 is 4.39 Å². The van der Waals surface area contributed by atoms with E-state index in [0.717, 1.165) is 11.8 Å². The van der Waals surface area contributed by atoms with Crippen molar-refractivity contribution in [2.45, 2.75) is 19.4 Å². The molecule has 0 heterocycles. The molecule has 10 heavy (non-hydrogen) atoms. The number of nitrogens with zero attached hydrogens (tertiary/aromatic N) is 1. The lowest BCUT2D eigenvalue weighted by Gasteiger charge is -2.23. The van der Waals surface area contributed by atoms with Gasteiger partial charge in [-0.1, -0.05) is 22.9 Å². The minimum Gasteiger partial charge on any atom is -0.300 e. The third kappa shape index (κ3) is 3.52. The van der Waals surface area contributed by atoms with E-state index in [0.29, 0.717) is 12.6 Å². The SMILES string of the molecule is CCC(CBr)N(C)CCF. The highest BCUT2D eigenvalue weighted by Crippen LogP contribution is 2.04. The molecule has 0 aromatic carbocycles. The fourth-order valence-electron chi connectivity index (χ4n) is 0.854. The van der Waals surface area contributed by atoms with Crippen molar-refractivity contribution in [1.29, 1.82) is 0 Å². The lowest BCUT2D eigenvalue weighted by atomic mass is 10.2. The summed E-state index contributed by atoms with van der Waals surface area (Å²) in [5.41, 5.74) is 0. The molecule has 0 fully saturated rings. The van der Waals surface area contributed by atoms with E-state index in [-0.39, 0.29) is 6.67 Å². The zero-order chi connectivity index (χ0) is 7.98. The van der Waals surface area contributed by atoms with E-state index in [9.17, 15) is 4.39 Å². The predicted molar refractivity (Wildman–Crippen MR) is 46.5 cm³/mol. The van der Waals surface area contributed by atoms with Gasteiger partial charge in [0.1, 0.15) is 6.67 Å². The molecule has 3 heteroatoms. The summed E-state index contributed by atoms with van der Waals surface area (Å²) < 4.78 is 11.8. The van der Waals surface area contributed by atoms with Crippen LogP contribution in [-0.2, 0) is 0 Å². The van der Waals surface area contributed by atoms with Gasteiger partial charge in [0, 0.05) is 17.9 Å². The van der Waals surface area contributed by atoms with E-state index in [4.69, 9.17) is 0 Å². The van der Waals surface area contributed by atoms with E-state index in [1.54, 1.807) is 0 Å². The van der Waals surface area contributed by atoms with E-state index in [1.807, 2.05) is 11.9 Å². The second-order valence-corrected chi connectivity index (χ2v) is 3.03. The summed E-state index contributed by atoms with van der Waals surface area (Å²) in [6.07, 6.45) is 1.07. The van der Waals surface area contributed by atoms with E-state index in [1.165, 1.54) is 0 Å². The topological polar surface area (TPSA) is 3.24 Å². The minimum atomic E-state index is -0.250. The zero-order valence-corrected chi connectivity index (χ0v) is 8.19. The summed E-state index contributed by atoms with van der Waals surface area (Å²) >= 11 is 3.38. The summed E-state index contributed by atoms with van der Waals surface area (Å²) in [7, 11) is 1.95. The van der Waals surface area contributed by atoms with Gasteiger partial charge in [-0.2, -0.15) is 0 Å². The van der Waals surface area contributed by atoms with Crippen LogP contribution >= 0.6 is 15.9 Å². The Kier molecular flexibility index (Phi) is 6.33. The number of halogens is 2. The molecule has 62 valence electrons. The predicted octanol–water partition coefficient (Wildman–Crippen LogP) is 2.06. The first-order valence-electron chi connectivity index (χ1n) is 3.58. The molecule has 0 bridgehead atoms. The van der Waals surface area contributed by atoms with Gasteiger partial charge in [-0.3, -0.25) is 0 Å². The van der Waals surface area contributed by atoms with Crippen LogP contribution in [0.5, 0.6) is 0 Å². The Morgan fingerprint density at radius 1 is 1.60 bits per heavy atom. The fraction of sp³-hybridized carbons (Fsp3) is 1.00. The average molecular weight is 212 g/mol. The van der Waals surface area contributed by atoms with Crippen LogP contribution in [0.1, 0.15) is 13.3 Å². The Bertz CT molecular complexity index is 76.0. The van der Waals surface area contributed by atoms with Crippen molar-refractivity contribution in [1.82, 2.24) is 4.90 Å². The van der Waals surface area contributed by atoms with Gasteiger partial charge >= 0.3 is 0 Å². The third-order valence-corrected chi connectivity index (χ3v) is 2.46. The lowest BCUT2D eigenvalue weighted by molar-refractivity contribution is 0.234. The van der Waals surface area contributed by atoms with Crippen LogP contribution in [0, 0.1) is 0 Å². The second kappa shape index (κ2) is 6.10. The van der Waals surface area contributed by atoms with Crippen molar-refractivity contribution in [3.05, 3.63) is 0 Å². The Labute approximate surface area is 70.7 Å². The Morgan fingerprint density at radius 3 is 2.50 bits per heavy atom. The van der Waals surface area contributed by atoms with Crippen molar-refractivity contribution >= 4 is 15.9 Å². The normalized spacial score (nSPS) is 14.1. The summed E-state index contributed by atoms with van der Waals surface area (Å²) in [4.78, 5) is 2.04. The molecule has 1 unspecified atom stereocenters.